The summed E-state index contributed by atoms with van der Waals surface area (Å²) in [6.45, 7) is 2.78. The lowest BCUT2D eigenvalue weighted by atomic mass is 10.1. The van der Waals surface area contributed by atoms with Gasteiger partial charge in [0.25, 0.3) is 5.91 Å². The fourth-order valence-electron chi connectivity index (χ4n) is 2.16. The van der Waals surface area contributed by atoms with Gasteiger partial charge >= 0.3 is 0 Å². The summed E-state index contributed by atoms with van der Waals surface area (Å²) in [4.78, 5) is 12.2. The van der Waals surface area contributed by atoms with Crippen molar-refractivity contribution in [2.75, 3.05) is 13.7 Å². The third-order valence-electron chi connectivity index (χ3n) is 3.38. The van der Waals surface area contributed by atoms with Crippen LogP contribution in [0.3, 0.4) is 0 Å². The molecule has 6 nitrogen and oxygen atoms in total. The molecule has 0 saturated carbocycles. The van der Waals surface area contributed by atoms with Crippen molar-refractivity contribution in [1.82, 2.24) is 5.32 Å². The van der Waals surface area contributed by atoms with Crippen molar-refractivity contribution in [3.63, 3.8) is 0 Å². The monoisotopic (exact) mass is 418 g/mol. The summed E-state index contributed by atoms with van der Waals surface area (Å²) in [5.74, 6) is 1.24. The predicted octanol–water partition coefficient (Wildman–Crippen LogP) is 4.06. The molecule has 0 unspecified atom stereocenters. The molecule has 0 aliphatic rings. The van der Waals surface area contributed by atoms with Gasteiger partial charge in [-0.25, -0.2) is 0 Å². The van der Waals surface area contributed by atoms with Crippen LogP contribution in [0.15, 0.2) is 45.0 Å². The van der Waals surface area contributed by atoms with Gasteiger partial charge in [0.1, 0.15) is 17.4 Å². The molecule has 0 saturated heterocycles. The van der Waals surface area contributed by atoms with Gasteiger partial charge in [-0.15, -0.1) is 0 Å². The summed E-state index contributed by atoms with van der Waals surface area (Å²) >= 11 is 3.44. The largest absolute Gasteiger partial charge is 0.493 e. The molecular weight excluding hydrogens is 400 g/mol. The highest BCUT2D eigenvalue weighted by Crippen LogP contribution is 2.37. The van der Waals surface area contributed by atoms with Crippen LogP contribution in [0.5, 0.6) is 11.5 Å². The van der Waals surface area contributed by atoms with E-state index >= 15 is 0 Å². The third kappa shape index (κ3) is 5.14. The van der Waals surface area contributed by atoms with Gasteiger partial charge in [0.2, 0.25) is 0 Å². The van der Waals surface area contributed by atoms with Crippen molar-refractivity contribution in [2.24, 2.45) is 0 Å². The Hall–Kier alpha value is -2.72. The third-order valence-corrected chi connectivity index (χ3v) is 3.97. The molecule has 136 valence electrons. The minimum absolute atomic E-state index is 0.0206. The summed E-state index contributed by atoms with van der Waals surface area (Å²) < 4.78 is 16.9. The molecule has 1 aromatic heterocycles. The second-order valence-electron chi connectivity index (χ2n) is 5.31. The Morgan fingerprint density at radius 2 is 2.27 bits per heavy atom. The number of ether oxygens (including phenoxy) is 2. The van der Waals surface area contributed by atoms with Gasteiger partial charge in [0.05, 0.1) is 31.0 Å². The summed E-state index contributed by atoms with van der Waals surface area (Å²) in [5, 5.41) is 12.0. The number of rotatable bonds is 8. The van der Waals surface area contributed by atoms with Crippen LogP contribution in [0.25, 0.3) is 6.08 Å². The fraction of sp³-hybridized carbons (Fsp3) is 0.263. The minimum Gasteiger partial charge on any atom is -0.493 e. The number of hydrogen-bond acceptors (Lipinski definition) is 5. The molecule has 0 radical (unpaired) electrons. The molecule has 2 rings (SSSR count). The topological polar surface area (TPSA) is 84.5 Å². The molecule has 1 N–H and O–H groups in total. The first-order valence-corrected chi connectivity index (χ1v) is 8.81. The Morgan fingerprint density at radius 3 is 2.88 bits per heavy atom. The van der Waals surface area contributed by atoms with E-state index in [4.69, 9.17) is 13.9 Å². The Morgan fingerprint density at radius 1 is 1.46 bits per heavy atom. The second-order valence-corrected chi connectivity index (χ2v) is 6.17. The average Bonchev–Trinajstić information content (AvgIpc) is 3.16. The van der Waals surface area contributed by atoms with Gasteiger partial charge in [-0.3, -0.25) is 4.79 Å². The highest BCUT2D eigenvalue weighted by Gasteiger charge is 2.14. The molecule has 0 atom stereocenters. The smallest absolute Gasteiger partial charge is 0.262 e. The molecule has 0 bridgehead atoms. The van der Waals surface area contributed by atoms with Crippen molar-refractivity contribution >= 4 is 27.9 Å². The molecule has 1 aromatic carbocycles. The van der Waals surface area contributed by atoms with E-state index in [1.54, 1.807) is 24.3 Å². The number of furan rings is 1. The standard InChI is InChI=1S/C19H19BrN2O4/c1-3-6-26-18-16(20)9-13(10-17(18)24-2)8-14(11-21)19(23)22-12-15-5-4-7-25-15/h4-5,7-10H,3,6,12H2,1-2H3,(H,22,23)/b14-8+. The zero-order chi connectivity index (χ0) is 18.9. The van der Waals surface area contributed by atoms with Gasteiger partial charge in [0, 0.05) is 0 Å². The Labute approximate surface area is 160 Å². The fourth-order valence-corrected chi connectivity index (χ4v) is 2.73. The van der Waals surface area contributed by atoms with Crippen LogP contribution in [-0.4, -0.2) is 19.6 Å². The maximum Gasteiger partial charge on any atom is 0.262 e. The lowest BCUT2D eigenvalue weighted by Gasteiger charge is -2.13. The maximum absolute atomic E-state index is 12.2. The number of carbonyl (C=O) groups excluding carboxylic acids is 1. The van der Waals surface area contributed by atoms with E-state index in [-0.39, 0.29) is 12.1 Å². The number of methoxy groups -OCH3 is 1. The van der Waals surface area contributed by atoms with E-state index in [2.05, 4.69) is 21.2 Å². The second kappa shape index (κ2) is 9.68. The maximum atomic E-state index is 12.2. The van der Waals surface area contributed by atoms with Crippen LogP contribution in [0, 0.1) is 11.3 Å². The molecular formula is C19H19BrN2O4. The number of nitrogens with zero attached hydrogens (tertiary/aromatic N) is 1. The van der Waals surface area contributed by atoms with Crippen LogP contribution in [0.2, 0.25) is 0 Å². The molecule has 2 aromatic rings. The average molecular weight is 419 g/mol. The first kappa shape index (κ1) is 19.6. The van der Waals surface area contributed by atoms with E-state index in [0.717, 1.165) is 6.42 Å². The number of hydrogen-bond donors (Lipinski definition) is 1. The van der Waals surface area contributed by atoms with Crippen LogP contribution in [0.4, 0.5) is 0 Å². The predicted molar refractivity (Wildman–Crippen MR) is 101 cm³/mol. The van der Waals surface area contributed by atoms with E-state index in [9.17, 15) is 10.1 Å². The Balaban J connectivity index is 2.20. The summed E-state index contributed by atoms with van der Waals surface area (Å²) in [7, 11) is 1.54. The van der Waals surface area contributed by atoms with Gasteiger partial charge in [-0.1, -0.05) is 6.92 Å². The lowest BCUT2D eigenvalue weighted by molar-refractivity contribution is -0.117. The van der Waals surface area contributed by atoms with Crippen LogP contribution in [0.1, 0.15) is 24.7 Å². The number of carbonyl (C=O) groups is 1. The Bertz CT molecular complexity index is 823. The van der Waals surface area contributed by atoms with Crippen LogP contribution >= 0.6 is 15.9 Å². The first-order valence-electron chi connectivity index (χ1n) is 8.01. The van der Waals surface area contributed by atoms with Crippen LogP contribution < -0.4 is 14.8 Å². The normalized spacial score (nSPS) is 10.9. The number of nitrogens with one attached hydrogen (secondary N) is 1. The summed E-state index contributed by atoms with van der Waals surface area (Å²) in [6, 6.07) is 8.87. The zero-order valence-corrected chi connectivity index (χ0v) is 16.1. The quantitative estimate of drug-likeness (QED) is 0.515. The molecule has 7 heteroatoms. The molecule has 0 aliphatic heterocycles. The van der Waals surface area contributed by atoms with Crippen molar-refractivity contribution in [2.45, 2.75) is 19.9 Å². The van der Waals surface area contributed by atoms with E-state index in [1.165, 1.54) is 19.4 Å². The minimum atomic E-state index is -0.481. The molecule has 1 heterocycles. The lowest BCUT2D eigenvalue weighted by Crippen LogP contribution is -2.23. The molecule has 0 spiro atoms. The summed E-state index contributed by atoms with van der Waals surface area (Å²) in [5.41, 5.74) is 0.620. The molecule has 0 fully saturated rings. The number of nitriles is 1. The van der Waals surface area contributed by atoms with Crippen molar-refractivity contribution < 1.29 is 18.7 Å². The number of amides is 1. The molecule has 26 heavy (non-hydrogen) atoms. The molecule has 0 aliphatic carbocycles. The van der Waals surface area contributed by atoms with Gasteiger partial charge in [-0.2, -0.15) is 5.26 Å². The van der Waals surface area contributed by atoms with Gasteiger partial charge < -0.3 is 19.2 Å². The Kier molecular flexibility index (Phi) is 7.30. The van der Waals surface area contributed by atoms with Crippen molar-refractivity contribution in [3.05, 3.63) is 51.9 Å². The first-order chi connectivity index (χ1) is 12.6. The molecule has 1 amide bonds. The van der Waals surface area contributed by atoms with Crippen LogP contribution in [-0.2, 0) is 11.3 Å². The van der Waals surface area contributed by atoms with Gasteiger partial charge in [0.15, 0.2) is 11.5 Å². The van der Waals surface area contributed by atoms with Crippen molar-refractivity contribution in [3.8, 4) is 17.6 Å². The summed E-state index contributed by atoms with van der Waals surface area (Å²) in [6.07, 6.45) is 3.88. The van der Waals surface area contributed by atoms with Crippen molar-refractivity contribution in [1.29, 1.82) is 5.26 Å². The number of halogens is 1. The van der Waals surface area contributed by atoms with Gasteiger partial charge in [-0.05, 0) is 58.3 Å². The van der Waals surface area contributed by atoms with E-state index < -0.39 is 5.91 Å². The highest BCUT2D eigenvalue weighted by molar-refractivity contribution is 9.10. The van der Waals surface area contributed by atoms with E-state index in [1.807, 2.05) is 13.0 Å². The van der Waals surface area contributed by atoms with E-state index in [0.29, 0.717) is 33.9 Å². The highest BCUT2D eigenvalue weighted by atomic mass is 79.9. The number of benzene rings is 1. The SMILES string of the molecule is CCCOc1c(Br)cc(/C=C(\C#N)C(=O)NCc2ccco2)cc1OC. The zero-order valence-electron chi connectivity index (χ0n) is 14.5.